The summed E-state index contributed by atoms with van der Waals surface area (Å²) in [5, 5.41) is 0. The molecule has 0 fully saturated rings. The first-order valence-electron chi connectivity index (χ1n) is 2.67. The Kier molecular flexibility index (Phi) is 20.3. The van der Waals surface area contributed by atoms with Crippen LogP contribution >= 0.6 is 0 Å². The van der Waals surface area contributed by atoms with E-state index < -0.39 is 0 Å². The molecule has 0 atom stereocenters. The predicted molar refractivity (Wildman–Crippen MR) is 36.6 cm³/mol. The average molecular weight is 370 g/mol. The first-order chi connectivity index (χ1) is 4.00. The van der Waals surface area contributed by atoms with Gasteiger partial charge in [0.15, 0.2) is 0 Å². The topological polar surface area (TPSA) is 0 Å². The van der Waals surface area contributed by atoms with Crippen LogP contribution in [0.15, 0.2) is 48.6 Å². The largest absolute Gasteiger partial charge is 2.00 e. The Hall–Kier alpha value is 0.228. The van der Waals surface area contributed by atoms with Gasteiger partial charge in [0, 0.05) is 0 Å². The molecule has 0 heterocycles. The maximum Gasteiger partial charge on any atom is 2.00 e. The second-order valence-electron chi connectivity index (χ2n) is 1.54. The second-order valence-corrected chi connectivity index (χ2v) is 1.54. The van der Waals surface area contributed by atoms with E-state index in [1.54, 1.807) is 0 Å². The third-order valence-electron chi connectivity index (χ3n) is 0.889. The van der Waals surface area contributed by atoms with E-state index in [9.17, 15) is 0 Å². The molecule has 0 N–H and O–H groups in total. The molecular formula is C8H8Cl2Pt. The summed E-state index contributed by atoms with van der Waals surface area (Å²) in [5.74, 6) is 0. The molecule has 0 saturated carbocycles. The van der Waals surface area contributed by atoms with Gasteiger partial charge < -0.3 is 24.8 Å². The van der Waals surface area contributed by atoms with E-state index in [2.05, 4.69) is 0 Å². The summed E-state index contributed by atoms with van der Waals surface area (Å²) in [6, 6.07) is 0. The van der Waals surface area contributed by atoms with Gasteiger partial charge in [0.05, 0.1) is 0 Å². The molecule has 0 nitrogen and oxygen atoms in total. The molecule has 0 bridgehead atoms. The van der Waals surface area contributed by atoms with Gasteiger partial charge in [-0.15, -0.1) is 0 Å². The number of hydrogen-bond acceptors (Lipinski definition) is 0. The molecule has 0 amide bonds. The normalized spacial score (nSPS) is 17.5. The van der Waals surface area contributed by atoms with Crippen molar-refractivity contribution < 1.29 is 45.9 Å². The van der Waals surface area contributed by atoms with E-state index in [1.807, 2.05) is 48.6 Å². The molecule has 11 heavy (non-hydrogen) atoms. The minimum atomic E-state index is 0. The summed E-state index contributed by atoms with van der Waals surface area (Å²) < 4.78 is 0. The van der Waals surface area contributed by atoms with Gasteiger partial charge in [0.1, 0.15) is 0 Å². The monoisotopic (exact) mass is 369 g/mol. The third kappa shape index (κ3) is 10.2. The Bertz CT molecular complexity index is 113. The van der Waals surface area contributed by atoms with Crippen molar-refractivity contribution in [3.8, 4) is 0 Å². The second kappa shape index (κ2) is 12.9. The molecule has 1 rings (SSSR count). The summed E-state index contributed by atoms with van der Waals surface area (Å²) in [5.41, 5.74) is 0. The molecule has 1 aliphatic rings. The number of halogens is 2. The fraction of sp³-hybridized carbons (Fsp3) is 0. The van der Waals surface area contributed by atoms with Crippen molar-refractivity contribution in [1.82, 2.24) is 0 Å². The maximum atomic E-state index is 2.00. The molecule has 0 saturated heterocycles. The van der Waals surface area contributed by atoms with Gasteiger partial charge in [-0.05, 0) is 0 Å². The molecule has 1 aliphatic carbocycles. The summed E-state index contributed by atoms with van der Waals surface area (Å²) >= 11 is 0. The molecule has 0 radical (unpaired) electrons. The molecule has 64 valence electrons. The van der Waals surface area contributed by atoms with Crippen LogP contribution in [0.3, 0.4) is 0 Å². The molecule has 0 unspecified atom stereocenters. The number of hydrogen-bond donors (Lipinski definition) is 0. The molecule has 0 aliphatic heterocycles. The minimum Gasteiger partial charge on any atom is -1.00 e. The van der Waals surface area contributed by atoms with Crippen LogP contribution in [-0.4, -0.2) is 0 Å². The van der Waals surface area contributed by atoms with Crippen molar-refractivity contribution in [3.05, 3.63) is 48.6 Å². The summed E-state index contributed by atoms with van der Waals surface area (Å²) in [6.07, 6.45) is 16.0. The fourth-order valence-electron chi connectivity index (χ4n) is 0.513. The van der Waals surface area contributed by atoms with Crippen LogP contribution in [-0.2, 0) is 21.1 Å². The summed E-state index contributed by atoms with van der Waals surface area (Å²) in [4.78, 5) is 0. The van der Waals surface area contributed by atoms with Crippen molar-refractivity contribution in [2.45, 2.75) is 0 Å². The minimum absolute atomic E-state index is 0. The van der Waals surface area contributed by atoms with Gasteiger partial charge in [0.2, 0.25) is 0 Å². The van der Waals surface area contributed by atoms with Gasteiger partial charge in [0.25, 0.3) is 0 Å². The Labute approximate surface area is 94.2 Å². The number of rotatable bonds is 0. The van der Waals surface area contributed by atoms with E-state index >= 15 is 0 Å². The molecule has 0 aromatic heterocycles. The van der Waals surface area contributed by atoms with Crippen molar-refractivity contribution >= 4 is 0 Å². The van der Waals surface area contributed by atoms with Gasteiger partial charge in [-0.1, -0.05) is 48.6 Å². The fourth-order valence-corrected chi connectivity index (χ4v) is 0.513. The Balaban J connectivity index is -0.000000213. The van der Waals surface area contributed by atoms with Gasteiger partial charge in [-0.3, -0.25) is 0 Å². The Morgan fingerprint density at radius 2 is 0.455 bits per heavy atom. The van der Waals surface area contributed by atoms with Gasteiger partial charge in [-0.2, -0.15) is 0 Å². The van der Waals surface area contributed by atoms with Crippen LogP contribution in [0.5, 0.6) is 0 Å². The maximum absolute atomic E-state index is 2.00. The van der Waals surface area contributed by atoms with E-state index in [4.69, 9.17) is 0 Å². The summed E-state index contributed by atoms with van der Waals surface area (Å²) in [6.45, 7) is 0. The van der Waals surface area contributed by atoms with E-state index in [0.717, 1.165) is 0 Å². The zero-order valence-corrected chi connectivity index (χ0v) is 9.48. The van der Waals surface area contributed by atoms with E-state index in [1.165, 1.54) is 0 Å². The van der Waals surface area contributed by atoms with Crippen molar-refractivity contribution in [1.29, 1.82) is 0 Å². The first-order valence-corrected chi connectivity index (χ1v) is 2.67. The standard InChI is InChI=1S/C8H8.2ClH.Pt/c1-2-4-6-8-7-5-3-1;;;/h1-8H;2*1H;/q;;;+2/p-2/b2-1-,3-1?,4-2?,5-3-,6-4?,7-5?,8-6?,8-7?;;;. The molecule has 0 spiro atoms. The smallest absolute Gasteiger partial charge is 1.00 e. The first kappa shape index (κ1) is 17.4. The van der Waals surface area contributed by atoms with Crippen LogP contribution in [0.1, 0.15) is 0 Å². The van der Waals surface area contributed by atoms with Gasteiger partial charge in [-0.25, -0.2) is 0 Å². The molecule has 3 heteroatoms. The van der Waals surface area contributed by atoms with Crippen LogP contribution in [0.25, 0.3) is 0 Å². The third-order valence-corrected chi connectivity index (χ3v) is 0.889. The average Bonchev–Trinajstić information content (AvgIpc) is 1.62. The van der Waals surface area contributed by atoms with Crippen molar-refractivity contribution in [3.63, 3.8) is 0 Å². The van der Waals surface area contributed by atoms with Crippen molar-refractivity contribution in [2.24, 2.45) is 0 Å². The van der Waals surface area contributed by atoms with Crippen LogP contribution < -0.4 is 24.8 Å². The van der Waals surface area contributed by atoms with Crippen LogP contribution in [0.4, 0.5) is 0 Å². The SMILES string of the molecule is C1=C/C=C\C=C/C=C1.[Cl-].[Cl-].[Pt+2]. The zero-order valence-electron chi connectivity index (χ0n) is 5.69. The Morgan fingerprint density at radius 3 is 0.545 bits per heavy atom. The van der Waals surface area contributed by atoms with E-state index in [0.29, 0.717) is 0 Å². The zero-order chi connectivity index (χ0) is 5.66. The van der Waals surface area contributed by atoms with Crippen molar-refractivity contribution in [2.75, 3.05) is 0 Å². The predicted octanol–water partition coefficient (Wildman–Crippen LogP) is -3.77. The van der Waals surface area contributed by atoms with Crippen LogP contribution in [0, 0.1) is 0 Å². The number of allylic oxidation sites excluding steroid dienone is 8. The van der Waals surface area contributed by atoms with E-state index in [-0.39, 0.29) is 45.9 Å². The summed E-state index contributed by atoms with van der Waals surface area (Å²) in [7, 11) is 0. The quantitative estimate of drug-likeness (QED) is 0.411. The Morgan fingerprint density at radius 1 is 0.364 bits per heavy atom. The molecular weight excluding hydrogens is 362 g/mol. The van der Waals surface area contributed by atoms with Crippen LogP contribution in [0.2, 0.25) is 0 Å². The molecule has 0 aromatic carbocycles. The van der Waals surface area contributed by atoms with Gasteiger partial charge >= 0.3 is 21.1 Å². The molecule has 0 aromatic rings.